The smallest absolute Gasteiger partial charge is 0.0783 e. The predicted octanol–water partition coefficient (Wildman–Crippen LogP) is 1.28. The zero-order valence-electron chi connectivity index (χ0n) is 9.35. The summed E-state index contributed by atoms with van der Waals surface area (Å²) in [6.45, 7) is 6.61. The summed E-state index contributed by atoms with van der Waals surface area (Å²) < 4.78 is 0. The molecule has 1 aromatic rings. The maximum Gasteiger partial charge on any atom is 0.0783 e. The zero-order chi connectivity index (χ0) is 10.9. The molecular weight excluding hydrogens is 188 g/mol. The van der Waals surface area contributed by atoms with Gasteiger partial charge in [0.25, 0.3) is 0 Å². The van der Waals surface area contributed by atoms with E-state index in [4.69, 9.17) is 0 Å². The molecule has 0 unspecified atom stereocenters. The van der Waals surface area contributed by atoms with E-state index in [1.165, 1.54) is 5.56 Å². The summed E-state index contributed by atoms with van der Waals surface area (Å²) >= 11 is 0. The van der Waals surface area contributed by atoms with Crippen LogP contribution in [-0.2, 0) is 6.54 Å². The Morgan fingerprint density at radius 3 is 3.00 bits per heavy atom. The molecule has 15 heavy (non-hydrogen) atoms. The van der Waals surface area contributed by atoms with E-state index in [0.29, 0.717) is 5.92 Å². The van der Waals surface area contributed by atoms with Crippen LogP contribution in [0.4, 0.5) is 0 Å². The number of likely N-dealkylation sites (tertiary alicyclic amines) is 1. The lowest BCUT2D eigenvalue weighted by molar-refractivity contribution is 0.0364. The van der Waals surface area contributed by atoms with Crippen molar-refractivity contribution in [3.05, 3.63) is 30.1 Å². The van der Waals surface area contributed by atoms with Gasteiger partial charge >= 0.3 is 0 Å². The lowest BCUT2D eigenvalue weighted by Gasteiger charge is -2.20. The molecule has 1 aliphatic heterocycles. The van der Waals surface area contributed by atoms with Gasteiger partial charge in [-0.2, -0.15) is 0 Å². The average molecular weight is 206 g/mol. The SMILES string of the molecule is C[C@@H]1CN(Cc2cccnc2)C[C@]1(C)O. The van der Waals surface area contributed by atoms with Gasteiger partial charge in [0.05, 0.1) is 5.60 Å². The van der Waals surface area contributed by atoms with Gasteiger partial charge in [-0.3, -0.25) is 9.88 Å². The van der Waals surface area contributed by atoms with E-state index in [9.17, 15) is 5.11 Å². The topological polar surface area (TPSA) is 36.4 Å². The van der Waals surface area contributed by atoms with Gasteiger partial charge in [0.2, 0.25) is 0 Å². The molecule has 1 aromatic heterocycles. The van der Waals surface area contributed by atoms with Crippen molar-refractivity contribution in [2.75, 3.05) is 13.1 Å². The molecule has 82 valence electrons. The largest absolute Gasteiger partial charge is 0.389 e. The van der Waals surface area contributed by atoms with E-state index in [-0.39, 0.29) is 0 Å². The van der Waals surface area contributed by atoms with Crippen molar-refractivity contribution in [1.82, 2.24) is 9.88 Å². The third-order valence-corrected chi connectivity index (χ3v) is 3.27. The van der Waals surface area contributed by atoms with Crippen LogP contribution < -0.4 is 0 Å². The van der Waals surface area contributed by atoms with E-state index in [0.717, 1.165) is 19.6 Å². The van der Waals surface area contributed by atoms with E-state index in [1.54, 1.807) is 6.20 Å². The minimum atomic E-state index is -0.539. The maximum absolute atomic E-state index is 10.1. The standard InChI is InChI=1S/C12H18N2O/c1-10-7-14(9-12(10,2)15)8-11-4-3-5-13-6-11/h3-6,10,15H,7-9H2,1-2H3/t10-,12+/m1/s1. The number of rotatable bonds is 2. The molecule has 0 bridgehead atoms. The molecular formula is C12H18N2O. The van der Waals surface area contributed by atoms with E-state index in [2.05, 4.69) is 22.9 Å². The second-order valence-corrected chi connectivity index (χ2v) is 4.79. The molecule has 0 aliphatic carbocycles. The van der Waals surface area contributed by atoms with Crippen LogP contribution in [0.2, 0.25) is 0 Å². The van der Waals surface area contributed by atoms with Gasteiger partial charge in [-0.15, -0.1) is 0 Å². The number of aromatic nitrogens is 1. The molecule has 0 radical (unpaired) electrons. The fraction of sp³-hybridized carbons (Fsp3) is 0.583. The number of hydrogen-bond acceptors (Lipinski definition) is 3. The quantitative estimate of drug-likeness (QED) is 0.792. The molecule has 3 heteroatoms. The first-order valence-electron chi connectivity index (χ1n) is 5.41. The lowest BCUT2D eigenvalue weighted by atomic mass is 9.95. The van der Waals surface area contributed by atoms with Gasteiger partial charge in [0.15, 0.2) is 0 Å². The zero-order valence-corrected chi connectivity index (χ0v) is 9.35. The van der Waals surface area contributed by atoms with Crippen molar-refractivity contribution in [3.8, 4) is 0 Å². The summed E-state index contributed by atoms with van der Waals surface area (Å²) in [5.74, 6) is 0.342. The summed E-state index contributed by atoms with van der Waals surface area (Å²) in [5.41, 5.74) is 0.671. The number of hydrogen-bond donors (Lipinski definition) is 1. The highest BCUT2D eigenvalue weighted by molar-refractivity contribution is 5.09. The summed E-state index contributed by atoms with van der Waals surface area (Å²) in [4.78, 5) is 6.37. The van der Waals surface area contributed by atoms with E-state index < -0.39 is 5.60 Å². The van der Waals surface area contributed by atoms with Crippen molar-refractivity contribution in [1.29, 1.82) is 0 Å². The first-order valence-corrected chi connectivity index (χ1v) is 5.41. The van der Waals surface area contributed by atoms with Crippen LogP contribution in [0.15, 0.2) is 24.5 Å². The van der Waals surface area contributed by atoms with Crippen molar-refractivity contribution in [2.45, 2.75) is 26.0 Å². The van der Waals surface area contributed by atoms with Crippen molar-refractivity contribution < 1.29 is 5.11 Å². The highest BCUT2D eigenvalue weighted by atomic mass is 16.3. The third-order valence-electron chi connectivity index (χ3n) is 3.27. The summed E-state index contributed by atoms with van der Waals surface area (Å²) in [6.07, 6.45) is 3.67. The van der Waals surface area contributed by atoms with Crippen LogP contribution in [0.5, 0.6) is 0 Å². The van der Waals surface area contributed by atoms with Crippen LogP contribution >= 0.6 is 0 Å². The Labute approximate surface area is 90.8 Å². The Kier molecular flexibility index (Phi) is 2.76. The van der Waals surface area contributed by atoms with Crippen LogP contribution in [0.25, 0.3) is 0 Å². The highest BCUT2D eigenvalue weighted by Crippen LogP contribution is 2.27. The molecule has 2 heterocycles. The number of nitrogens with zero attached hydrogens (tertiary/aromatic N) is 2. The Morgan fingerprint density at radius 1 is 1.67 bits per heavy atom. The normalized spacial score (nSPS) is 32.1. The van der Waals surface area contributed by atoms with Crippen molar-refractivity contribution in [3.63, 3.8) is 0 Å². The third kappa shape index (κ3) is 2.36. The molecule has 2 atom stereocenters. The highest BCUT2D eigenvalue weighted by Gasteiger charge is 2.38. The van der Waals surface area contributed by atoms with Crippen LogP contribution in [0.3, 0.4) is 0 Å². The summed E-state index contributed by atoms with van der Waals surface area (Å²) in [7, 11) is 0. The van der Waals surface area contributed by atoms with Crippen molar-refractivity contribution in [2.24, 2.45) is 5.92 Å². The van der Waals surface area contributed by atoms with Gasteiger partial charge in [-0.25, -0.2) is 0 Å². The molecule has 0 spiro atoms. The molecule has 1 saturated heterocycles. The second kappa shape index (κ2) is 3.91. The number of β-amino-alcohol motifs (C(OH)–C–C–N with tert-alkyl or cyclic N) is 1. The minimum absolute atomic E-state index is 0.342. The van der Waals surface area contributed by atoms with Gasteiger partial charge in [0.1, 0.15) is 0 Å². The minimum Gasteiger partial charge on any atom is -0.389 e. The Hall–Kier alpha value is -0.930. The van der Waals surface area contributed by atoms with Crippen LogP contribution in [0, 0.1) is 5.92 Å². The number of pyridine rings is 1. The molecule has 1 fully saturated rings. The van der Waals surface area contributed by atoms with Gasteiger partial charge in [-0.05, 0) is 24.5 Å². The average Bonchev–Trinajstić information content (AvgIpc) is 2.42. The fourth-order valence-electron chi connectivity index (χ4n) is 2.13. The van der Waals surface area contributed by atoms with Crippen LogP contribution in [-0.4, -0.2) is 33.7 Å². The maximum atomic E-state index is 10.1. The lowest BCUT2D eigenvalue weighted by Crippen LogP contribution is -2.32. The van der Waals surface area contributed by atoms with Gasteiger partial charge in [0, 0.05) is 32.0 Å². The van der Waals surface area contributed by atoms with Crippen LogP contribution in [0.1, 0.15) is 19.4 Å². The Morgan fingerprint density at radius 2 is 2.47 bits per heavy atom. The molecule has 0 saturated carbocycles. The monoisotopic (exact) mass is 206 g/mol. The summed E-state index contributed by atoms with van der Waals surface area (Å²) in [6, 6.07) is 4.03. The molecule has 1 N–H and O–H groups in total. The molecule has 0 aromatic carbocycles. The molecule has 1 aliphatic rings. The fourth-order valence-corrected chi connectivity index (χ4v) is 2.13. The van der Waals surface area contributed by atoms with E-state index >= 15 is 0 Å². The number of aliphatic hydroxyl groups is 1. The summed E-state index contributed by atoms with van der Waals surface area (Å²) in [5, 5.41) is 10.1. The van der Waals surface area contributed by atoms with Crippen molar-refractivity contribution >= 4 is 0 Å². The molecule has 3 nitrogen and oxygen atoms in total. The van der Waals surface area contributed by atoms with E-state index in [1.807, 2.05) is 19.2 Å². The Bertz CT molecular complexity index is 324. The first kappa shape index (κ1) is 10.6. The molecule has 0 amide bonds. The van der Waals surface area contributed by atoms with Gasteiger partial charge < -0.3 is 5.11 Å². The molecule has 2 rings (SSSR count). The second-order valence-electron chi connectivity index (χ2n) is 4.79. The van der Waals surface area contributed by atoms with Gasteiger partial charge in [-0.1, -0.05) is 13.0 Å². The Balaban J connectivity index is 1.99. The predicted molar refractivity (Wildman–Crippen MR) is 59.3 cm³/mol. The first-order chi connectivity index (χ1) is 7.08.